The molecule has 48 heavy (non-hydrogen) atoms. The van der Waals surface area contributed by atoms with Crippen LogP contribution in [0.2, 0.25) is 0 Å². The van der Waals surface area contributed by atoms with Crippen molar-refractivity contribution in [3.05, 3.63) is 47.6 Å². The molecule has 7 heterocycles. The van der Waals surface area contributed by atoms with Gasteiger partial charge in [0.05, 0.1) is 30.4 Å². The molecule has 0 aliphatic carbocycles. The maximum absolute atomic E-state index is 15.9. The van der Waals surface area contributed by atoms with Gasteiger partial charge < -0.3 is 46.9 Å². The second kappa shape index (κ2) is 12.8. The molecule has 22 heteroatoms. The fourth-order valence-corrected chi connectivity index (χ4v) is 8.68. The third-order valence-electron chi connectivity index (χ3n) is 8.57. The van der Waals surface area contributed by atoms with Crippen molar-refractivity contribution < 1.29 is 31.8 Å². The van der Waals surface area contributed by atoms with Crippen LogP contribution in [-0.2, 0) is 44.9 Å². The highest BCUT2D eigenvalue weighted by molar-refractivity contribution is 8.07. The highest BCUT2D eigenvalue weighted by atomic mass is 32.5. The second-order valence-electron chi connectivity index (χ2n) is 11.7. The summed E-state index contributed by atoms with van der Waals surface area (Å²) in [6.07, 6.45) is 5.29. The minimum Gasteiger partial charge on any atom is -0.462 e. The number of hydrogen-bond acceptors (Lipinski definition) is 15. The Morgan fingerprint density at radius 3 is 2.88 bits per heavy atom. The van der Waals surface area contributed by atoms with E-state index in [2.05, 4.69) is 40.6 Å². The lowest BCUT2D eigenvalue weighted by Gasteiger charge is -2.35. The quantitative estimate of drug-likeness (QED) is 0.131. The van der Waals surface area contributed by atoms with E-state index in [4.69, 9.17) is 48.5 Å². The van der Waals surface area contributed by atoms with Crippen molar-refractivity contribution in [1.82, 2.24) is 39.9 Å². The summed E-state index contributed by atoms with van der Waals surface area (Å²) in [5, 5.41) is 17.9. The second-order valence-corrected chi connectivity index (χ2v) is 16.2. The van der Waals surface area contributed by atoms with Gasteiger partial charge in [-0.05, 0) is 19.3 Å². The van der Waals surface area contributed by atoms with Crippen molar-refractivity contribution in [3.63, 3.8) is 0 Å². The zero-order chi connectivity index (χ0) is 33.8. The Hall–Kier alpha value is -3.35. The monoisotopic (exact) mass is 717 g/mol. The average Bonchev–Trinajstić information content (AvgIpc) is 3.64. The van der Waals surface area contributed by atoms with Gasteiger partial charge in [-0.1, -0.05) is 6.92 Å². The zero-order valence-corrected chi connectivity index (χ0v) is 28.1. The van der Waals surface area contributed by atoms with Crippen molar-refractivity contribution in [2.75, 3.05) is 24.2 Å². The number of fused-ring (bicyclic) bond motifs is 4. The number of rotatable bonds is 4. The van der Waals surface area contributed by atoms with Gasteiger partial charge >= 0.3 is 6.72 Å². The number of nitrogens with zero attached hydrogens (tertiary/aromatic N) is 6. The maximum atomic E-state index is 15.9. The van der Waals surface area contributed by atoms with Crippen molar-refractivity contribution in [1.29, 1.82) is 5.41 Å². The molecule has 4 aromatic heterocycles. The largest absolute Gasteiger partial charge is 0.462 e. The Morgan fingerprint density at radius 2 is 2.04 bits per heavy atom. The predicted molar refractivity (Wildman–Crippen MR) is 176 cm³/mol. The van der Waals surface area contributed by atoms with Gasteiger partial charge in [-0.2, -0.15) is 4.39 Å². The molecule has 4 unspecified atom stereocenters. The third-order valence-corrected chi connectivity index (χ3v) is 11.2. The first-order valence-electron chi connectivity index (χ1n) is 15.0. The number of furan rings is 1. The van der Waals surface area contributed by atoms with Crippen LogP contribution in [-0.4, -0.2) is 72.9 Å². The summed E-state index contributed by atoms with van der Waals surface area (Å²) >= 11 is 5.28. The van der Waals surface area contributed by atoms with Crippen LogP contribution < -0.4 is 26.0 Å². The number of nitrogens with two attached hydrogens (primary N) is 1. The zero-order valence-electron chi connectivity index (χ0n) is 25.5. The van der Waals surface area contributed by atoms with Crippen molar-refractivity contribution >= 4 is 62.0 Å². The number of imidazole rings is 1. The Labute approximate surface area is 279 Å². The summed E-state index contributed by atoms with van der Waals surface area (Å²) in [5.74, 6) is -1.42. The predicted octanol–water partition coefficient (Wildman–Crippen LogP) is 2.47. The molecule has 3 radical (unpaired) electrons. The van der Waals surface area contributed by atoms with Gasteiger partial charge in [0.15, 0.2) is 17.2 Å². The topological polar surface area (TPSA) is 233 Å². The molecular formula is C26H31BFN11O6P2S-. The molecule has 1 fully saturated rings. The number of anilines is 2. The van der Waals surface area contributed by atoms with Gasteiger partial charge in [0.25, 0.3) is 0 Å². The number of halogens is 1. The molecule has 7 N–H and O–H groups in total. The van der Waals surface area contributed by atoms with Crippen LogP contribution in [0, 0.1) is 17.1 Å². The Bertz CT molecular complexity index is 2000. The van der Waals surface area contributed by atoms with E-state index in [0.29, 0.717) is 46.9 Å². The Kier molecular flexibility index (Phi) is 8.87. The molecule has 0 amide bonds. The third kappa shape index (κ3) is 6.39. The fourth-order valence-electron chi connectivity index (χ4n) is 6.25. The minimum atomic E-state index is -4.12. The van der Waals surface area contributed by atoms with E-state index in [9.17, 15) is 9.46 Å². The summed E-state index contributed by atoms with van der Waals surface area (Å²) in [6.45, 7) is -2.39. The number of aromatic nitrogens is 6. The molecule has 0 spiro atoms. The fraction of sp³-hybridized carbons (Fsp3) is 0.462. The lowest BCUT2D eigenvalue weighted by Crippen LogP contribution is -2.44. The van der Waals surface area contributed by atoms with Gasteiger partial charge in [-0.25, -0.2) is 24.9 Å². The maximum Gasteiger partial charge on any atom is 0.378 e. The van der Waals surface area contributed by atoms with Crippen molar-refractivity contribution in [3.8, 4) is 5.75 Å². The molecule has 4 aromatic rings. The van der Waals surface area contributed by atoms with E-state index in [1.807, 2.05) is 6.92 Å². The summed E-state index contributed by atoms with van der Waals surface area (Å²) in [7, 11) is 2.08. The van der Waals surface area contributed by atoms with Crippen LogP contribution in [0.4, 0.5) is 16.0 Å². The van der Waals surface area contributed by atoms with Gasteiger partial charge in [0.2, 0.25) is 11.6 Å². The Morgan fingerprint density at radius 1 is 1.23 bits per heavy atom. The number of aryl methyl sites for hydroxylation is 2. The molecule has 17 nitrogen and oxygen atoms in total. The lowest BCUT2D eigenvalue weighted by atomic mass is 10.00. The van der Waals surface area contributed by atoms with Crippen LogP contribution in [0.5, 0.6) is 5.75 Å². The molecule has 6 atom stereocenters. The highest BCUT2D eigenvalue weighted by Gasteiger charge is 2.44. The first-order chi connectivity index (χ1) is 22.9. The van der Waals surface area contributed by atoms with E-state index in [-0.39, 0.29) is 42.7 Å². The molecular weight excluding hydrogens is 686 g/mol. The van der Waals surface area contributed by atoms with Crippen molar-refractivity contribution in [2.45, 2.75) is 57.5 Å². The first kappa shape index (κ1) is 33.2. The molecule has 0 aromatic carbocycles. The number of nitrogen functional groups attached to an aromatic ring is 1. The highest BCUT2D eigenvalue weighted by Crippen LogP contribution is 2.50. The first-order valence-corrected chi connectivity index (χ1v) is 19.3. The average molecular weight is 717 g/mol. The standard InChI is InChI=1S/C26H31BFN11O6P2S/c1-12-20-15(37-25(12)39-11-36-21-23(30)33-10-35-26(21)39)7-43-47(41,48)45-22-17(8-42-46(27,40)38-20)44-16(19(22)28)5-4-14-18-13(29)3-2-6-31-24(18)34-9-32-14/h9-12,15,20,25,29,37H,2-8H2,1H3,(H,38,40)(H,41,48)(H2,30,33,35)(H,31,32,34)/q-1/t12?,15-,20?,25+,46?,47?/m1/s1. The molecule has 0 saturated carbocycles. The molecule has 0 bridgehead atoms. The van der Waals surface area contributed by atoms with E-state index >= 15 is 4.39 Å². The summed E-state index contributed by atoms with van der Waals surface area (Å²) in [5.41, 5.74) is 8.34. The van der Waals surface area contributed by atoms with E-state index < -0.39 is 50.5 Å². The summed E-state index contributed by atoms with van der Waals surface area (Å²) in [4.78, 5) is 32.3. The van der Waals surface area contributed by atoms with Gasteiger partial charge in [0.1, 0.15) is 36.4 Å². The Balaban J connectivity index is 1.14. The van der Waals surface area contributed by atoms with Crippen LogP contribution in [0.25, 0.3) is 11.2 Å². The smallest absolute Gasteiger partial charge is 0.378 e. The lowest BCUT2D eigenvalue weighted by molar-refractivity contribution is 0.206. The van der Waals surface area contributed by atoms with E-state index in [1.165, 1.54) is 12.7 Å². The van der Waals surface area contributed by atoms with Crippen LogP contribution in [0.15, 0.2) is 23.4 Å². The molecule has 253 valence electrons. The SMILES string of the molecule is [B-]P1(=O)NC2C(C)[C@H](n3cnc4c(N)ncnc43)N[C@@H]2COP(O)(=S)Oc2c(oc(CCc3ncnc4c3C(=N)CCCN4)c2F)CO1. The molecule has 3 aliphatic rings. The van der Waals surface area contributed by atoms with Crippen molar-refractivity contribution in [2.24, 2.45) is 5.92 Å². The van der Waals surface area contributed by atoms with E-state index in [1.54, 1.807) is 10.9 Å². The van der Waals surface area contributed by atoms with Gasteiger partial charge in [-0.15, -0.1) is 0 Å². The molecule has 1 saturated heterocycles. The summed E-state index contributed by atoms with van der Waals surface area (Å²) < 4.78 is 53.9. The number of nitrogens with one attached hydrogen (secondary N) is 4. The van der Waals surface area contributed by atoms with Crippen LogP contribution in [0.3, 0.4) is 0 Å². The van der Waals surface area contributed by atoms with Gasteiger partial charge in [0, 0.05) is 55.9 Å². The van der Waals surface area contributed by atoms with Crippen LogP contribution in [0.1, 0.15) is 48.7 Å². The van der Waals surface area contributed by atoms with Crippen LogP contribution >= 0.6 is 14.1 Å². The summed E-state index contributed by atoms with van der Waals surface area (Å²) in [6, 6.07) is -1.28. The molecule has 7 rings (SSSR count). The number of hydrogen-bond donors (Lipinski definition) is 6. The normalized spacial score (nSPS) is 29.5. The minimum absolute atomic E-state index is 0.000899. The van der Waals surface area contributed by atoms with E-state index in [0.717, 1.165) is 6.42 Å². The molecule has 3 aliphatic heterocycles. The van der Waals surface area contributed by atoms with Gasteiger partial charge in [-0.3, -0.25) is 19.5 Å².